The van der Waals surface area contributed by atoms with E-state index < -0.39 is 5.97 Å². The summed E-state index contributed by atoms with van der Waals surface area (Å²) < 4.78 is 5.78. The number of nitrogens with two attached hydrogens (primary N) is 1. The largest absolute Gasteiger partial charge is 0.478 e. The number of carboxylic acids is 1. The third-order valence-electron chi connectivity index (χ3n) is 3.46. The maximum absolute atomic E-state index is 10.8. The van der Waals surface area contributed by atoms with Gasteiger partial charge >= 0.3 is 5.97 Å². The average molecular weight is 279 g/mol. The monoisotopic (exact) mass is 279 g/mol. The highest BCUT2D eigenvalue weighted by atomic mass is 16.5. The van der Waals surface area contributed by atoms with Crippen LogP contribution < -0.4 is 11.1 Å². The number of nitrogen functional groups attached to an aromatic ring is 1. The van der Waals surface area contributed by atoms with Crippen molar-refractivity contribution in [3.05, 3.63) is 17.8 Å². The summed E-state index contributed by atoms with van der Waals surface area (Å²) in [5.41, 5.74) is 6.18. The molecule has 0 unspecified atom stereocenters. The molecule has 0 radical (unpaired) electrons. The van der Waals surface area contributed by atoms with Crippen molar-refractivity contribution < 1.29 is 14.6 Å². The molecule has 0 aromatic carbocycles. The number of hydrogen-bond donors (Lipinski definition) is 3. The van der Waals surface area contributed by atoms with Gasteiger partial charge in [0.25, 0.3) is 0 Å². The third-order valence-corrected chi connectivity index (χ3v) is 3.46. The van der Waals surface area contributed by atoms with Crippen molar-refractivity contribution in [1.82, 2.24) is 4.98 Å². The van der Waals surface area contributed by atoms with Crippen molar-refractivity contribution in [2.45, 2.75) is 38.2 Å². The number of carboxylic acid groups (broad SMARTS) is 1. The van der Waals surface area contributed by atoms with Gasteiger partial charge in [-0.25, -0.2) is 9.78 Å². The maximum Gasteiger partial charge on any atom is 0.337 e. The van der Waals surface area contributed by atoms with Crippen molar-refractivity contribution >= 4 is 17.5 Å². The van der Waals surface area contributed by atoms with Crippen LogP contribution in [-0.2, 0) is 4.74 Å². The Kier molecular flexibility index (Phi) is 5.17. The van der Waals surface area contributed by atoms with Gasteiger partial charge in [-0.1, -0.05) is 19.3 Å². The first-order chi connectivity index (χ1) is 9.66. The SMILES string of the molecule is Nc1cc(C(=O)O)cnc1NCCOC1CCCCC1. The zero-order valence-corrected chi connectivity index (χ0v) is 11.5. The van der Waals surface area contributed by atoms with Crippen LogP contribution in [0.5, 0.6) is 0 Å². The summed E-state index contributed by atoms with van der Waals surface area (Å²) in [6, 6.07) is 1.40. The zero-order chi connectivity index (χ0) is 14.4. The minimum absolute atomic E-state index is 0.0894. The Labute approximate surface area is 118 Å². The van der Waals surface area contributed by atoms with Gasteiger partial charge in [-0.05, 0) is 18.9 Å². The van der Waals surface area contributed by atoms with Crippen molar-refractivity contribution in [2.75, 3.05) is 24.2 Å². The molecule has 0 amide bonds. The standard InChI is InChI=1S/C14H21N3O3/c15-12-8-10(14(18)19)9-17-13(12)16-6-7-20-11-4-2-1-3-5-11/h8-9,11H,1-7,15H2,(H,16,17)(H,18,19). The van der Waals surface area contributed by atoms with Crippen LogP contribution in [0.15, 0.2) is 12.3 Å². The van der Waals surface area contributed by atoms with Gasteiger partial charge in [-0.2, -0.15) is 0 Å². The molecule has 0 aliphatic heterocycles. The number of carbonyl (C=O) groups is 1. The summed E-state index contributed by atoms with van der Waals surface area (Å²) >= 11 is 0. The minimum atomic E-state index is -1.03. The van der Waals surface area contributed by atoms with Crippen LogP contribution in [0.2, 0.25) is 0 Å². The lowest BCUT2D eigenvalue weighted by Crippen LogP contribution is -2.21. The molecular weight excluding hydrogens is 258 g/mol. The van der Waals surface area contributed by atoms with E-state index in [1.807, 2.05) is 0 Å². The first-order valence-corrected chi connectivity index (χ1v) is 7.01. The highest BCUT2D eigenvalue weighted by Crippen LogP contribution is 2.20. The van der Waals surface area contributed by atoms with E-state index in [0.29, 0.717) is 30.8 Å². The van der Waals surface area contributed by atoms with Crippen LogP contribution in [0.25, 0.3) is 0 Å². The number of ether oxygens (including phenoxy) is 1. The molecule has 6 nitrogen and oxygen atoms in total. The van der Waals surface area contributed by atoms with E-state index in [2.05, 4.69) is 10.3 Å². The number of nitrogens with one attached hydrogen (secondary N) is 1. The highest BCUT2D eigenvalue weighted by Gasteiger charge is 2.13. The second-order valence-corrected chi connectivity index (χ2v) is 5.02. The molecule has 20 heavy (non-hydrogen) atoms. The molecule has 6 heteroatoms. The summed E-state index contributed by atoms with van der Waals surface area (Å²) in [7, 11) is 0. The second kappa shape index (κ2) is 7.09. The molecule has 1 fully saturated rings. The number of hydrogen-bond acceptors (Lipinski definition) is 5. The lowest BCUT2D eigenvalue weighted by atomic mass is 9.98. The first kappa shape index (κ1) is 14.6. The van der Waals surface area contributed by atoms with Gasteiger partial charge in [-0.3, -0.25) is 0 Å². The number of aromatic carboxylic acids is 1. The molecule has 0 bridgehead atoms. The number of pyridine rings is 1. The van der Waals surface area contributed by atoms with Crippen LogP contribution in [0.3, 0.4) is 0 Å². The van der Waals surface area contributed by atoms with E-state index in [0.717, 1.165) is 12.8 Å². The van der Waals surface area contributed by atoms with Gasteiger partial charge in [0.2, 0.25) is 0 Å². The van der Waals surface area contributed by atoms with E-state index in [-0.39, 0.29) is 5.56 Å². The number of anilines is 2. The Hall–Kier alpha value is -1.82. The maximum atomic E-state index is 10.8. The van der Waals surface area contributed by atoms with Crippen molar-refractivity contribution in [2.24, 2.45) is 0 Å². The van der Waals surface area contributed by atoms with Crippen molar-refractivity contribution in [3.8, 4) is 0 Å². The average Bonchev–Trinajstić information content (AvgIpc) is 2.46. The molecule has 1 aromatic heterocycles. The Morgan fingerprint density at radius 2 is 2.20 bits per heavy atom. The predicted molar refractivity (Wildman–Crippen MR) is 76.9 cm³/mol. The van der Waals surface area contributed by atoms with E-state index >= 15 is 0 Å². The van der Waals surface area contributed by atoms with E-state index in [4.69, 9.17) is 15.6 Å². The lowest BCUT2D eigenvalue weighted by molar-refractivity contribution is 0.0347. The lowest BCUT2D eigenvalue weighted by Gasteiger charge is -2.22. The molecule has 2 rings (SSSR count). The Morgan fingerprint density at radius 3 is 2.85 bits per heavy atom. The zero-order valence-electron chi connectivity index (χ0n) is 11.5. The summed E-state index contributed by atoms with van der Waals surface area (Å²) in [5.74, 6) is -0.529. The first-order valence-electron chi connectivity index (χ1n) is 7.01. The van der Waals surface area contributed by atoms with Gasteiger partial charge < -0.3 is 20.9 Å². The smallest absolute Gasteiger partial charge is 0.337 e. The fourth-order valence-corrected chi connectivity index (χ4v) is 2.37. The third kappa shape index (κ3) is 4.09. The molecule has 0 spiro atoms. The van der Waals surface area contributed by atoms with Gasteiger partial charge in [-0.15, -0.1) is 0 Å². The van der Waals surface area contributed by atoms with Crippen LogP contribution in [0.1, 0.15) is 42.5 Å². The van der Waals surface area contributed by atoms with Gasteiger partial charge in [0, 0.05) is 12.7 Å². The van der Waals surface area contributed by atoms with Crippen molar-refractivity contribution in [1.29, 1.82) is 0 Å². The van der Waals surface area contributed by atoms with Crippen LogP contribution >= 0.6 is 0 Å². The molecule has 1 aliphatic carbocycles. The quantitative estimate of drug-likeness (QED) is 0.690. The summed E-state index contributed by atoms with van der Waals surface area (Å²) in [6.07, 6.45) is 7.79. The van der Waals surface area contributed by atoms with Crippen LogP contribution in [0, 0.1) is 0 Å². The fourth-order valence-electron chi connectivity index (χ4n) is 2.37. The highest BCUT2D eigenvalue weighted by molar-refractivity contribution is 5.89. The van der Waals surface area contributed by atoms with E-state index in [1.165, 1.54) is 31.5 Å². The molecule has 1 aromatic rings. The fraction of sp³-hybridized carbons (Fsp3) is 0.571. The second-order valence-electron chi connectivity index (χ2n) is 5.02. The van der Waals surface area contributed by atoms with Gasteiger partial charge in [0.15, 0.2) is 0 Å². The number of rotatable bonds is 6. The molecule has 110 valence electrons. The molecule has 0 saturated heterocycles. The molecule has 1 saturated carbocycles. The van der Waals surface area contributed by atoms with E-state index in [9.17, 15) is 4.79 Å². The van der Waals surface area contributed by atoms with E-state index in [1.54, 1.807) is 0 Å². The molecule has 1 aliphatic rings. The molecule has 4 N–H and O–H groups in total. The topological polar surface area (TPSA) is 97.5 Å². The summed E-state index contributed by atoms with van der Waals surface area (Å²) in [4.78, 5) is 14.8. The predicted octanol–water partition coefficient (Wildman–Crippen LogP) is 2.12. The summed E-state index contributed by atoms with van der Waals surface area (Å²) in [6.45, 7) is 1.21. The van der Waals surface area contributed by atoms with Gasteiger partial charge in [0.05, 0.1) is 24.0 Å². The normalized spacial score (nSPS) is 16.0. The number of aromatic nitrogens is 1. The molecule has 1 heterocycles. The molecular formula is C14H21N3O3. The molecule has 0 atom stereocenters. The Bertz CT molecular complexity index is 459. The van der Waals surface area contributed by atoms with Crippen LogP contribution in [-0.4, -0.2) is 35.3 Å². The minimum Gasteiger partial charge on any atom is -0.478 e. The number of nitrogens with zero attached hydrogens (tertiary/aromatic N) is 1. The van der Waals surface area contributed by atoms with Gasteiger partial charge in [0.1, 0.15) is 5.82 Å². The summed E-state index contributed by atoms with van der Waals surface area (Å²) in [5, 5.41) is 11.9. The van der Waals surface area contributed by atoms with Crippen molar-refractivity contribution in [3.63, 3.8) is 0 Å². The van der Waals surface area contributed by atoms with Crippen LogP contribution in [0.4, 0.5) is 11.5 Å². The Balaban J connectivity index is 1.74. The Morgan fingerprint density at radius 1 is 1.45 bits per heavy atom.